The van der Waals surface area contributed by atoms with Crippen molar-refractivity contribution >= 4 is 35.0 Å². The maximum absolute atomic E-state index is 12.6. The average molecular weight is 338 g/mol. The van der Waals surface area contributed by atoms with Gasteiger partial charge >= 0.3 is 0 Å². The molecule has 2 amide bonds. The summed E-state index contributed by atoms with van der Waals surface area (Å²) < 4.78 is 0. The van der Waals surface area contributed by atoms with Crippen molar-refractivity contribution in [3.05, 3.63) is 47.7 Å². The maximum atomic E-state index is 12.6. The molecular weight excluding hydrogens is 324 g/mol. The van der Waals surface area contributed by atoms with Crippen LogP contribution in [0.1, 0.15) is 11.3 Å². The lowest BCUT2D eigenvalue weighted by Gasteiger charge is -2.29. The molecule has 0 bridgehead atoms. The van der Waals surface area contributed by atoms with Crippen LogP contribution in [-0.2, 0) is 9.59 Å². The SMILES string of the molecule is Cc1ccc(C#N)c(SCC(=O)N2CC(=O)Nc3ccccc32)n1. The van der Waals surface area contributed by atoms with Gasteiger partial charge < -0.3 is 10.2 Å². The molecule has 1 aromatic heterocycles. The van der Waals surface area contributed by atoms with E-state index >= 15 is 0 Å². The lowest BCUT2D eigenvalue weighted by atomic mass is 10.2. The second-order valence-electron chi connectivity index (χ2n) is 5.25. The fourth-order valence-electron chi connectivity index (χ4n) is 2.39. The molecule has 1 aliphatic heterocycles. The smallest absolute Gasteiger partial charge is 0.244 e. The third kappa shape index (κ3) is 3.24. The Bertz CT molecular complexity index is 860. The van der Waals surface area contributed by atoms with Crippen LogP contribution in [0.2, 0.25) is 0 Å². The van der Waals surface area contributed by atoms with Gasteiger partial charge in [-0.25, -0.2) is 4.98 Å². The Hall–Kier alpha value is -2.85. The van der Waals surface area contributed by atoms with Crippen LogP contribution in [0, 0.1) is 18.3 Å². The van der Waals surface area contributed by atoms with Gasteiger partial charge in [-0.1, -0.05) is 23.9 Å². The summed E-state index contributed by atoms with van der Waals surface area (Å²) in [6.07, 6.45) is 0. The molecule has 0 radical (unpaired) electrons. The van der Waals surface area contributed by atoms with Crippen molar-refractivity contribution in [2.45, 2.75) is 11.9 Å². The number of anilines is 2. The molecule has 3 rings (SSSR count). The Kier molecular flexibility index (Phi) is 4.49. The zero-order valence-electron chi connectivity index (χ0n) is 12.9. The van der Waals surface area contributed by atoms with Crippen LogP contribution in [0.4, 0.5) is 11.4 Å². The predicted molar refractivity (Wildman–Crippen MR) is 91.8 cm³/mol. The van der Waals surface area contributed by atoms with Crippen molar-refractivity contribution in [3.8, 4) is 6.07 Å². The van der Waals surface area contributed by atoms with E-state index < -0.39 is 0 Å². The third-order valence-corrected chi connectivity index (χ3v) is 4.50. The Morgan fingerprint density at radius 1 is 1.38 bits per heavy atom. The van der Waals surface area contributed by atoms with E-state index in [1.807, 2.05) is 13.0 Å². The van der Waals surface area contributed by atoms with E-state index in [0.29, 0.717) is 22.0 Å². The van der Waals surface area contributed by atoms with E-state index in [0.717, 1.165) is 5.69 Å². The predicted octanol–water partition coefficient (Wildman–Crippen LogP) is 2.34. The number of carbonyl (C=O) groups is 2. The zero-order valence-corrected chi connectivity index (χ0v) is 13.8. The number of pyridine rings is 1. The van der Waals surface area contributed by atoms with Gasteiger partial charge in [-0.15, -0.1) is 0 Å². The Morgan fingerprint density at radius 3 is 2.96 bits per heavy atom. The van der Waals surface area contributed by atoms with Gasteiger partial charge in [-0.3, -0.25) is 9.59 Å². The number of thioether (sulfide) groups is 1. The van der Waals surface area contributed by atoms with Gasteiger partial charge in [0.05, 0.1) is 22.7 Å². The summed E-state index contributed by atoms with van der Waals surface area (Å²) in [7, 11) is 0. The molecule has 0 saturated heterocycles. The summed E-state index contributed by atoms with van der Waals surface area (Å²) in [6, 6.07) is 12.7. The molecule has 0 spiro atoms. The number of hydrogen-bond donors (Lipinski definition) is 1. The van der Waals surface area contributed by atoms with Gasteiger partial charge in [0.1, 0.15) is 17.6 Å². The Labute approximate surface area is 143 Å². The number of hydrogen-bond acceptors (Lipinski definition) is 5. The number of para-hydroxylation sites is 2. The molecule has 0 fully saturated rings. The first-order valence-electron chi connectivity index (χ1n) is 7.28. The summed E-state index contributed by atoms with van der Waals surface area (Å²) in [5, 5.41) is 12.4. The highest BCUT2D eigenvalue weighted by Gasteiger charge is 2.26. The number of fused-ring (bicyclic) bond motifs is 1. The van der Waals surface area contributed by atoms with E-state index in [1.165, 1.54) is 16.7 Å². The van der Waals surface area contributed by atoms with Crippen LogP contribution >= 0.6 is 11.8 Å². The number of benzene rings is 1. The van der Waals surface area contributed by atoms with E-state index in [9.17, 15) is 9.59 Å². The molecule has 2 heterocycles. The minimum absolute atomic E-state index is 0.0112. The molecule has 7 heteroatoms. The van der Waals surface area contributed by atoms with Crippen molar-refractivity contribution in [1.29, 1.82) is 5.26 Å². The lowest BCUT2D eigenvalue weighted by molar-refractivity contribution is -0.120. The van der Waals surface area contributed by atoms with Gasteiger partial charge in [-0.2, -0.15) is 5.26 Å². The third-order valence-electron chi connectivity index (χ3n) is 3.52. The van der Waals surface area contributed by atoms with Crippen molar-refractivity contribution in [1.82, 2.24) is 4.98 Å². The number of nitrogens with zero attached hydrogens (tertiary/aromatic N) is 3. The van der Waals surface area contributed by atoms with Crippen molar-refractivity contribution in [2.75, 3.05) is 22.5 Å². The van der Waals surface area contributed by atoms with Gasteiger partial charge in [0, 0.05) is 5.69 Å². The fraction of sp³-hybridized carbons (Fsp3) is 0.176. The maximum Gasteiger partial charge on any atom is 0.244 e. The number of aryl methyl sites for hydroxylation is 1. The highest BCUT2D eigenvalue weighted by atomic mass is 32.2. The fourth-order valence-corrected chi connectivity index (χ4v) is 3.29. The normalized spacial score (nSPS) is 13.0. The van der Waals surface area contributed by atoms with Crippen LogP contribution < -0.4 is 10.2 Å². The second kappa shape index (κ2) is 6.72. The van der Waals surface area contributed by atoms with Crippen LogP contribution in [0.3, 0.4) is 0 Å². The Morgan fingerprint density at radius 2 is 2.17 bits per heavy atom. The molecule has 120 valence electrons. The molecule has 1 aliphatic rings. The van der Waals surface area contributed by atoms with E-state index in [4.69, 9.17) is 5.26 Å². The van der Waals surface area contributed by atoms with Gasteiger partial charge in [-0.05, 0) is 31.2 Å². The molecule has 0 unspecified atom stereocenters. The highest BCUT2D eigenvalue weighted by Crippen LogP contribution is 2.30. The number of amides is 2. The van der Waals surface area contributed by atoms with E-state index in [-0.39, 0.29) is 24.1 Å². The van der Waals surface area contributed by atoms with Crippen molar-refractivity contribution in [3.63, 3.8) is 0 Å². The molecule has 24 heavy (non-hydrogen) atoms. The summed E-state index contributed by atoms with van der Waals surface area (Å²) in [5.74, 6) is -0.319. The standard InChI is InChI=1S/C17H14N4O2S/c1-11-6-7-12(8-18)17(19-11)24-10-16(23)21-9-15(22)20-13-4-2-3-5-14(13)21/h2-7H,9-10H2,1H3,(H,20,22). The minimum Gasteiger partial charge on any atom is -0.323 e. The molecule has 1 N–H and O–H groups in total. The van der Waals surface area contributed by atoms with Crippen LogP contribution in [-0.4, -0.2) is 29.1 Å². The first-order chi connectivity index (χ1) is 11.6. The molecule has 2 aromatic rings. The molecule has 0 aliphatic carbocycles. The number of nitriles is 1. The monoisotopic (exact) mass is 338 g/mol. The molecule has 0 saturated carbocycles. The summed E-state index contributed by atoms with van der Waals surface area (Å²) in [6.45, 7) is 1.82. The summed E-state index contributed by atoms with van der Waals surface area (Å²) >= 11 is 1.21. The molecule has 0 atom stereocenters. The quantitative estimate of drug-likeness (QED) is 0.868. The summed E-state index contributed by atoms with van der Waals surface area (Å²) in [5.41, 5.74) is 2.53. The van der Waals surface area contributed by atoms with Gasteiger partial charge in [0.25, 0.3) is 0 Å². The van der Waals surface area contributed by atoms with Crippen LogP contribution in [0.25, 0.3) is 0 Å². The number of rotatable bonds is 3. The zero-order chi connectivity index (χ0) is 17.1. The minimum atomic E-state index is -0.224. The molecular formula is C17H14N4O2S. The highest BCUT2D eigenvalue weighted by molar-refractivity contribution is 8.00. The lowest BCUT2D eigenvalue weighted by Crippen LogP contribution is -2.43. The second-order valence-corrected chi connectivity index (χ2v) is 6.22. The van der Waals surface area contributed by atoms with Crippen molar-refractivity contribution in [2.24, 2.45) is 0 Å². The molecule has 1 aromatic carbocycles. The number of aromatic nitrogens is 1. The van der Waals surface area contributed by atoms with Crippen LogP contribution in [0.5, 0.6) is 0 Å². The summed E-state index contributed by atoms with van der Waals surface area (Å²) in [4.78, 5) is 30.1. The largest absolute Gasteiger partial charge is 0.323 e. The first-order valence-corrected chi connectivity index (χ1v) is 8.27. The topological polar surface area (TPSA) is 86.1 Å². The van der Waals surface area contributed by atoms with Gasteiger partial charge in [0.15, 0.2) is 0 Å². The number of nitrogens with one attached hydrogen (secondary N) is 1. The first kappa shape index (κ1) is 16.0. The number of carbonyl (C=O) groups excluding carboxylic acids is 2. The Balaban J connectivity index is 1.78. The van der Waals surface area contributed by atoms with E-state index in [1.54, 1.807) is 30.3 Å². The molecule has 6 nitrogen and oxygen atoms in total. The average Bonchev–Trinajstić information content (AvgIpc) is 2.59. The van der Waals surface area contributed by atoms with E-state index in [2.05, 4.69) is 16.4 Å². The van der Waals surface area contributed by atoms with Crippen LogP contribution in [0.15, 0.2) is 41.4 Å². The van der Waals surface area contributed by atoms with Crippen molar-refractivity contribution < 1.29 is 9.59 Å². The van der Waals surface area contributed by atoms with Gasteiger partial charge in [0.2, 0.25) is 11.8 Å².